The highest BCUT2D eigenvalue weighted by molar-refractivity contribution is 5.91. The van der Waals surface area contributed by atoms with Crippen LogP contribution >= 0.6 is 0 Å². The third kappa shape index (κ3) is 3.01. The quantitative estimate of drug-likeness (QED) is 0.657. The Kier molecular flexibility index (Phi) is 5.07. The molecule has 6 nitrogen and oxygen atoms in total. The number of carbonyl (C=O) groups excluding carboxylic acids is 3. The Morgan fingerprint density at radius 1 is 1.13 bits per heavy atom. The van der Waals surface area contributed by atoms with Crippen molar-refractivity contribution in [2.45, 2.75) is 83.7 Å². The molecule has 0 spiro atoms. The molecule has 4 aliphatic carbocycles. The molecule has 0 bridgehead atoms. The smallest absolute Gasteiger partial charge is 0.307 e. The van der Waals surface area contributed by atoms with Crippen LogP contribution in [0.4, 0.5) is 0 Å². The van der Waals surface area contributed by atoms with Crippen molar-refractivity contribution < 1.29 is 24.2 Å². The fraction of sp³-hybridized carbons (Fsp3) is 0.750. The molecule has 0 aromatic heterocycles. The van der Waals surface area contributed by atoms with Gasteiger partial charge in [-0.2, -0.15) is 5.26 Å². The van der Waals surface area contributed by atoms with Crippen molar-refractivity contribution in [3.63, 3.8) is 0 Å². The Balaban J connectivity index is 1.58. The molecule has 0 aromatic carbocycles. The van der Waals surface area contributed by atoms with E-state index in [4.69, 9.17) is 4.74 Å². The molecule has 3 fully saturated rings. The van der Waals surface area contributed by atoms with Crippen LogP contribution in [-0.4, -0.2) is 23.3 Å². The lowest BCUT2D eigenvalue weighted by Gasteiger charge is -2.58. The lowest BCUT2D eigenvalue weighted by atomic mass is 9.46. The highest BCUT2D eigenvalue weighted by atomic mass is 16.6. The molecule has 30 heavy (non-hydrogen) atoms. The van der Waals surface area contributed by atoms with E-state index < -0.39 is 29.4 Å². The van der Waals surface area contributed by atoms with Gasteiger partial charge in [-0.1, -0.05) is 19.4 Å². The first-order valence-corrected chi connectivity index (χ1v) is 11.2. The Morgan fingerprint density at radius 3 is 2.57 bits per heavy atom. The zero-order valence-electron chi connectivity index (χ0n) is 17.9. The summed E-state index contributed by atoms with van der Waals surface area (Å²) in [6.45, 7) is 4.41. The Morgan fingerprint density at radius 2 is 1.87 bits per heavy atom. The molecule has 6 atom stereocenters. The van der Waals surface area contributed by atoms with Crippen LogP contribution in [0.15, 0.2) is 11.6 Å². The summed E-state index contributed by atoms with van der Waals surface area (Å²) in [5, 5.41) is 20.8. The van der Waals surface area contributed by atoms with Crippen molar-refractivity contribution in [1.82, 2.24) is 0 Å². The van der Waals surface area contributed by atoms with Crippen LogP contribution in [0.2, 0.25) is 0 Å². The molecule has 0 aromatic rings. The summed E-state index contributed by atoms with van der Waals surface area (Å²) in [4.78, 5) is 35.0. The Hall–Kier alpha value is -2.16. The summed E-state index contributed by atoms with van der Waals surface area (Å²) in [7, 11) is 0. The molecule has 0 radical (unpaired) electrons. The number of aliphatic carboxylic acids is 1. The van der Waals surface area contributed by atoms with Crippen molar-refractivity contribution in [3.05, 3.63) is 11.6 Å². The van der Waals surface area contributed by atoms with Gasteiger partial charge in [-0.25, -0.2) is 0 Å². The van der Waals surface area contributed by atoms with Gasteiger partial charge in [-0.15, -0.1) is 0 Å². The molecule has 0 heterocycles. The Bertz CT molecular complexity index is 856. The number of carboxylic acid groups (broad SMARTS) is 1. The van der Waals surface area contributed by atoms with Crippen LogP contribution in [0.25, 0.3) is 0 Å². The molecule has 0 N–H and O–H groups in total. The molecule has 0 aliphatic heterocycles. The number of esters is 1. The topological polar surface area (TPSA) is 107 Å². The molecule has 0 unspecified atom stereocenters. The zero-order valence-corrected chi connectivity index (χ0v) is 17.9. The van der Waals surface area contributed by atoms with Gasteiger partial charge in [0.1, 0.15) is 6.07 Å². The van der Waals surface area contributed by atoms with Gasteiger partial charge in [0.05, 0.1) is 6.42 Å². The van der Waals surface area contributed by atoms with Gasteiger partial charge in [0, 0.05) is 24.2 Å². The normalized spacial score (nSPS) is 42.2. The average molecular weight is 413 g/mol. The number of ether oxygens (including phenoxy) is 1. The summed E-state index contributed by atoms with van der Waals surface area (Å²) < 4.78 is 5.75. The maximum Gasteiger partial charge on any atom is 0.307 e. The lowest BCUT2D eigenvalue weighted by molar-refractivity contribution is -0.305. The molecule has 4 rings (SSSR count). The van der Waals surface area contributed by atoms with Crippen LogP contribution in [0.1, 0.15) is 78.1 Å². The van der Waals surface area contributed by atoms with Crippen molar-refractivity contribution in [2.75, 3.05) is 0 Å². The summed E-state index contributed by atoms with van der Waals surface area (Å²) in [6.07, 6.45) is 7.80. The van der Waals surface area contributed by atoms with Crippen LogP contribution in [0.3, 0.4) is 0 Å². The maximum atomic E-state index is 12.3. The van der Waals surface area contributed by atoms with E-state index >= 15 is 0 Å². The second-order valence-corrected chi connectivity index (χ2v) is 10.2. The van der Waals surface area contributed by atoms with E-state index in [1.54, 1.807) is 0 Å². The number of nitriles is 1. The van der Waals surface area contributed by atoms with Crippen molar-refractivity contribution in [2.24, 2.45) is 28.6 Å². The van der Waals surface area contributed by atoms with Crippen molar-refractivity contribution >= 4 is 17.7 Å². The molecule has 162 valence electrons. The first-order valence-electron chi connectivity index (χ1n) is 11.2. The van der Waals surface area contributed by atoms with Crippen LogP contribution in [-0.2, 0) is 19.1 Å². The Labute approximate surface area is 177 Å². The highest BCUT2D eigenvalue weighted by Crippen LogP contribution is 2.68. The molecule has 4 aliphatic rings. The molecular formula is C24H30NO5-. The monoisotopic (exact) mass is 412 g/mol. The number of hydrogen-bond acceptors (Lipinski definition) is 6. The van der Waals surface area contributed by atoms with Gasteiger partial charge < -0.3 is 14.6 Å². The minimum Gasteiger partial charge on any atom is -0.550 e. The van der Waals surface area contributed by atoms with Gasteiger partial charge in [-0.3, -0.25) is 9.59 Å². The summed E-state index contributed by atoms with van der Waals surface area (Å²) in [5.41, 5.74) is -0.254. The third-order valence-corrected chi connectivity index (χ3v) is 9.08. The second-order valence-electron chi connectivity index (χ2n) is 10.2. The van der Waals surface area contributed by atoms with Gasteiger partial charge in [-0.05, 0) is 74.2 Å². The van der Waals surface area contributed by atoms with Gasteiger partial charge in [0.15, 0.2) is 5.78 Å². The number of rotatable bonds is 4. The van der Waals surface area contributed by atoms with E-state index in [9.17, 15) is 24.8 Å². The van der Waals surface area contributed by atoms with E-state index in [2.05, 4.69) is 19.9 Å². The summed E-state index contributed by atoms with van der Waals surface area (Å²) >= 11 is 0. The second kappa shape index (κ2) is 7.21. The van der Waals surface area contributed by atoms with Crippen LogP contribution in [0, 0.1) is 39.9 Å². The van der Waals surface area contributed by atoms with Crippen LogP contribution in [0.5, 0.6) is 0 Å². The molecule has 0 saturated heterocycles. The standard InChI is InChI=1S/C24H31NO5/c1-22-10-7-16(26)13-15(22)3-4-17-18(22)8-11-23(2)19(17)9-12-24(23,14-25)30-21(29)6-5-20(27)28/h13,17-19H,3-12H2,1-2H3,(H,27,28)/p-1/t17-,18-,19+,22+,23-,24+/m0/s1. The predicted molar refractivity (Wildman–Crippen MR) is 105 cm³/mol. The maximum absolute atomic E-state index is 12.3. The first kappa shape index (κ1) is 21.1. The summed E-state index contributed by atoms with van der Waals surface area (Å²) in [6, 6.07) is 2.34. The van der Waals surface area contributed by atoms with Crippen molar-refractivity contribution in [3.8, 4) is 6.07 Å². The fourth-order valence-electron chi connectivity index (χ4n) is 7.38. The van der Waals surface area contributed by atoms with E-state index in [1.807, 2.05) is 6.08 Å². The minimum absolute atomic E-state index is 0.0568. The number of hydrogen-bond donors (Lipinski definition) is 0. The van der Waals surface area contributed by atoms with Gasteiger partial charge in [0.25, 0.3) is 0 Å². The number of fused-ring (bicyclic) bond motifs is 5. The minimum atomic E-state index is -1.29. The number of ketones is 1. The van der Waals surface area contributed by atoms with Gasteiger partial charge >= 0.3 is 5.97 Å². The number of carbonyl (C=O) groups is 3. The SMILES string of the molecule is C[C@]12CC[C@H]3[C@H](CCC4=CC(=O)CC[C@]43C)[C@H]1CC[C@]2(C#N)OC(=O)CCC(=O)[O-]. The largest absolute Gasteiger partial charge is 0.550 e. The third-order valence-electron chi connectivity index (χ3n) is 9.08. The fourth-order valence-corrected chi connectivity index (χ4v) is 7.38. The predicted octanol–water partition coefficient (Wildman–Crippen LogP) is 2.85. The van der Waals surface area contributed by atoms with Crippen LogP contribution < -0.4 is 5.11 Å². The molecular weight excluding hydrogens is 382 g/mol. The van der Waals surface area contributed by atoms with Crippen molar-refractivity contribution in [1.29, 1.82) is 5.26 Å². The van der Waals surface area contributed by atoms with Gasteiger partial charge in [0.2, 0.25) is 5.60 Å². The molecule has 3 saturated carbocycles. The first-order chi connectivity index (χ1) is 14.1. The zero-order chi connectivity index (χ0) is 21.7. The highest BCUT2D eigenvalue weighted by Gasteiger charge is 2.66. The molecule has 0 amide bonds. The average Bonchev–Trinajstić information content (AvgIpc) is 2.99. The summed E-state index contributed by atoms with van der Waals surface area (Å²) in [5.74, 6) is -0.436. The number of nitrogens with zero attached hydrogens (tertiary/aromatic N) is 1. The lowest BCUT2D eigenvalue weighted by Crippen LogP contribution is -2.55. The number of carboxylic acids is 1. The van der Waals surface area contributed by atoms with E-state index in [1.165, 1.54) is 5.57 Å². The van der Waals surface area contributed by atoms with E-state index in [0.717, 1.165) is 38.5 Å². The van der Waals surface area contributed by atoms with E-state index in [0.29, 0.717) is 30.6 Å². The van der Waals surface area contributed by atoms with E-state index in [-0.39, 0.29) is 17.6 Å². The molecule has 6 heteroatoms. The number of allylic oxidation sites excluding steroid dienone is 1.